The number of carbonyl (C=O) groups is 2. The number of hydrogen-bond donors (Lipinski definition) is 3. The van der Waals surface area contributed by atoms with Crippen LogP contribution < -0.4 is 16.0 Å². The van der Waals surface area contributed by atoms with Crippen LogP contribution in [0, 0.1) is 11.8 Å². The summed E-state index contributed by atoms with van der Waals surface area (Å²) in [4.78, 5) is 30.4. The number of benzene rings is 1. The molecule has 1 fully saturated rings. The number of aromatic nitrogens is 2. The number of carbonyl (C=O) groups excluding carboxylic acids is 2. The number of ether oxygens (including phenoxy) is 1. The van der Waals surface area contributed by atoms with Gasteiger partial charge in [0.15, 0.2) is 0 Å². The largest absolute Gasteiger partial charge is 0.383 e. The van der Waals surface area contributed by atoms with Gasteiger partial charge in [0, 0.05) is 50.6 Å². The lowest BCUT2D eigenvalue weighted by Gasteiger charge is -2.36. The fourth-order valence-corrected chi connectivity index (χ4v) is 5.82. The first-order valence-electron chi connectivity index (χ1n) is 13.2. The van der Waals surface area contributed by atoms with Crippen LogP contribution >= 0.6 is 11.6 Å². The lowest BCUT2D eigenvalue weighted by molar-refractivity contribution is -0.134. The number of para-hydroxylation sites is 1. The molecule has 0 unspecified atom stereocenters. The van der Waals surface area contributed by atoms with Crippen molar-refractivity contribution in [3.8, 4) is 0 Å². The van der Waals surface area contributed by atoms with Crippen molar-refractivity contribution in [2.45, 2.75) is 50.1 Å². The molecule has 39 heavy (non-hydrogen) atoms. The minimum absolute atomic E-state index is 0.00469. The zero-order chi connectivity index (χ0) is 27.6. The van der Waals surface area contributed by atoms with E-state index in [2.05, 4.69) is 27.0 Å². The number of alkyl halides is 2. The van der Waals surface area contributed by atoms with Gasteiger partial charge in [0.25, 0.3) is 5.91 Å². The number of nitrogens with one attached hydrogen (secondary N) is 3. The summed E-state index contributed by atoms with van der Waals surface area (Å²) in [5, 5.41) is 9.66. The molecule has 0 saturated heterocycles. The van der Waals surface area contributed by atoms with E-state index in [1.165, 1.54) is 11.8 Å². The van der Waals surface area contributed by atoms with Crippen molar-refractivity contribution in [1.82, 2.24) is 20.0 Å². The Kier molecular flexibility index (Phi) is 8.04. The summed E-state index contributed by atoms with van der Waals surface area (Å²) in [6, 6.07) is 10.8. The van der Waals surface area contributed by atoms with Crippen LogP contribution in [-0.4, -0.2) is 59.5 Å². The van der Waals surface area contributed by atoms with Crippen molar-refractivity contribution in [2.24, 2.45) is 11.8 Å². The highest BCUT2D eigenvalue weighted by Gasteiger charge is 2.45. The minimum Gasteiger partial charge on any atom is -0.383 e. The number of amides is 2. The molecule has 208 valence electrons. The van der Waals surface area contributed by atoms with Gasteiger partial charge in [-0.1, -0.05) is 29.8 Å². The molecular formula is C28H32ClF2N5O3. The molecule has 8 nitrogen and oxygen atoms in total. The van der Waals surface area contributed by atoms with Crippen LogP contribution in [0.4, 0.5) is 14.5 Å². The van der Waals surface area contributed by atoms with Crippen LogP contribution in [0.3, 0.4) is 0 Å². The normalized spacial score (nSPS) is 24.0. The molecule has 3 heterocycles. The maximum Gasteiger partial charge on any atom is 0.271 e. The fourth-order valence-electron chi connectivity index (χ4n) is 5.65. The summed E-state index contributed by atoms with van der Waals surface area (Å²) in [5.74, 6) is -4.81. The quantitative estimate of drug-likeness (QED) is 0.382. The van der Waals surface area contributed by atoms with E-state index in [-0.39, 0.29) is 24.1 Å². The third-order valence-electron chi connectivity index (χ3n) is 7.70. The summed E-state index contributed by atoms with van der Waals surface area (Å²) < 4.78 is 35.8. The highest BCUT2D eigenvalue weighted by molar-refractivity contribution is 6.30. The van der Waals surface area contributed by atoms with E-state index in [0.717, 1.165) is 12.1 Å². The van der Waals surface area contributed by atoms with Gasteiger partial charge in [0.05, 0.1) is 23.6 Å². The Morgan fingerprint density at radius 3 is 2.87 bits per heavy atom. The first-order chi connectivity index (χ1) is 18.7. The van der Waals surface area contributed by atoms with Gasteiger partial charge in [-0.15, -0.1) is 0 Å². The van der Waals surface area contributed by atoms with E-state index in [4.69, 9.17) is 16.3 Å². The summed E-state index contributed by atoms with van der Waals surface area (Å²) in [7, 11) is 1.65. The number of pyridine rings is 1. The Hall–Kier alpha value is -3.24. The summed E-state index contributed by atoms with van der Waals surface area (Å²) in [6.07, 6.45) is 3.62. The molecule has 2 aliphatic rings. The first kappa shape index (κ1) is 27.3. The molecule has 1 aliphatic heterocycles. The Balaban J connectivity index is 1.22. The Bertz CT molecular complexity index is 1350. The summed E-state index contributed by atoms with van der Waals surface area (Å²) in [5.41, 5.74) is 2.94. The van der Waals surface area contributed by atoms with Crippen molar-refractivity contribution in [3.05, 3.63) is 65.1 Å². The molecule has 1 aromatic carbocycles. The van der Waals surface area contributed by atoms with Crippen molar-refractivity contribution in [1.29, 1.82) is 0 Å². The van der Waals surface area contributed by atoms with Gasteiger partial charge in [0.1, 0.15) is 11.3 Å². The average molecular weight is 560 g/mol. The van der Waals surface area contributed by atoms with Gasteiger partial charge in [0.2, 0.25) is 11.8 Å². The van der Waals surface area contributed by atoms with Crippen molar-refractivity contribution >= 4 is 34.7 Å². The molecular weight excluding hydrogens is 528 g/mol. The van der Waals surface area contributed by atoms with E-state index in [9.17, 15) is 18.4 Å². The number of imidazole rings is 1. The van der Waals surface area contributed by atoms with Crippen LogP contribution in [0.15, 0.2) is 48.8 Å². The fraction of sp³-hybridized carbons (Fsp3) is 0.464. The number of hydrogen-bond acceptors (Lipinski definition) is 5. The van der Waals surface area contributed by atoms with Gasteiger partial charge >= 0.3 is 0 Å². The van der Waals surface area contributed by atoms with E-state index in [1.807, 2.05) is 18.2 Å². The molecule has 1 aliphatic carbocycles. The zero-order valence-corrected chi connectivity index (χ0v) is 22.4. The smallest absolute Gasteiger partial charge is 0.271 e. The predicted octanol–water partition coefficient (Wildman–Crippen LogP) is 4.33. The van der Waals surface area contributed by atoms with Crippen molar-refractivity contribution in [3.63, 3.8) is 0 Å². The number of rotatable bonds is 8. The van der Waals surface area contributed by atoms with Gasteiger partial charge in [-0.3, -0.25) is 9.59 Å². The molecule has 5 rings (SSSR count). The molecule has 4 atom stereocenters. The minimum atomic E-state index is -2.97. The van der Waals surface area contributed by atoms with Crippen LogP contribution in [-0.2, 0) is 16.0 Å². The first-order valence-corrected chi connectivity index (χ1v) is 13.5. The van der Waals surface area contributed by atoms with Crippen LogP contribution in [0.2, 0.25) is 5.02 Å². The topological polar surface area (TPSA) is 96.8 Å². The molecule has 2 aromatic heterocycles. The van der Waals surface area contributed by atoms with Gasteiger partial charge < -0.3 is 25.1 Å². The lowest BCUT2D eigenvalue weighted by atomic mass is 9.81. The molecule has 11 heteroatoms. The molecule has 0 radical (unpaired) electrons. The molecule has 1 saturated carbocycles. The van der Waals surface area contributed by atoms with E-state index < -0.39 is 42.5 Å². The van der Waals surface area contributed by atoms with Crippen molar-refractivity contribution < 1.29 is 23.1 Å². The van der Waals surface area contributed by atoms with E-state index >= 15 is 0 Å². The monoisotopic (exact) mass is 559 g/mol. The van der Waals surface area contributed by atoms with Gasteiger partial charge in [-0.25, -0.2) is 13.8 Å². The second-order valence-corrected chi connectivity index (χ2v) is 10.9. The van der Waals surface area contributed by atoms with E-state index in [0.29, 0.717) is 30.2 Å². The van der Waals surface area contributed by atoms with Gasteiger partial charge in [-0.2, -0.15) is 0 Å². The number of nitrogens with zero attached hydrogens (tertiary/aromatic N) is 2. The number of fused-ring (bicyclic) bond motifs is 2. The number of methoxy groups -OCH3 is 1. The molecule has 0 spiro atoms. The zero-order valence-electron chi connectivity index (χ0n) is 21.6. The third-order valence-corrected chi connectivity index (χ3v) is 7.92. The van der Waals surface area contributed by atoms with Crippen LogP contribution in [0.5, 0.6) is 0 Å². The molecule has 2 amide bonds. The summed E-state index contributed by atoms with van der Waals surface area (Å²) >= 11 is 6.01. The highest BCUT2D eigenvalue weighted by atomic mass is 35.5. The predicted molar refractivity (Wildman–Crippen MR) is 144 cm³/mol. The van der Waals surface area contributed by atoms with Crippen molar-refractivity contribution in [2.75, 3.05) is 25.6 Å². The Morgan fingerprint density at radius 2 is 2.05 bits per heavy atom. The highest BCUT2D eigenvalue weighted by Crippen LogP contribution is 2.37. The lowest BCUT2D eigenvalue weighted by Crippen LogP contribution is -2.52. The molecule has 3 N–H and O–H groups in total. The maximum absolute atomic E-state index is 14.4. The molecule has 0 bridgehead atoms. The summed E-state index contributed by atoms with van der Waals surface area (Å²) in [6.45, 7) is 0.856. The second kappa shape index (κ2) is 11.5. The third kappa shape index (κ3) is 6.33. The SMILES string of the molecule is COC[C@@H]1Nc2ccccc2C[C@@H]1CCNC(=O)[C@H]1CC(F)(F)CC[C@H]1NC(=O)c1cn2cc(Cl)ccc2n1. The van der Waals surface area contributed by atoms with E-state index in [1.54, 1.807) is 29.8 Å². The second-order valence-electron chi connectivity index (χ2n) is 10.4. The number of anilines is 1. The maximum atomic E-state index is 14.4. The van der Waals surface area contributed by atoms with Crippen LogP contribution in [0.25, 0.3) is 5.65 Å². The average Bonchev–Trinajstić information content (AvgIpc) is 3.33. The molecule has 3 aromatic rings. The Morgan fingerprint density at radius 1 is 1.23 bits per heavy atom. The van der Waals surface area contributed by atoms with Crippen LogP contribution in [0.1, 0.15) is 41.7 Å². The standard InChI is InChI=1S/C28H32ClF2N5O3/c1-39-16-24-18(12-17-4-2-3-5-21(17)33-24)9-11-32-26(37)20-13-28(30,31)10-8-22(20)35-27(38)23-15-36-14-19(29)6-7-25(36)34-23/h2-7,14-15,18,20,22,24,33H,8-13,16H2,1H3,(H,32,37)(H,35,38)/t18-,20-,22+,24-/m0/s1. The Labute approximate surface area is 230 Å². The number of halogens is 3. The van der Waals surface area contributed by atoms with Gasteiger partial charge in [-0.05, 0) is 48.9 Å².